The summed E-state index contributed by atoms with van der Waals surface area (Å²) < 4.78 is 27.3. The van der Waals surface area contributed by atoms with Crippen LogP contribution in [0.3, 0.4) is 0 Å². The van der Waals surface area contributed by atoms with Gasteiger partial charge in [-0.05, 0) is 6.07 Å². The number of carbonyl (C=O) groups is 1. The van der Waals surface area contributed by atoms with Crippen LogP contribution in [0.5, 0.6) is 0 Å². The van der Waals surface area contributed by atoms with E-state index in [0.717, 1.165) is 12.3 Å². The van der Waals surface area contributed by atoms with Crippen molar-refractivity contribution >= 4 is 21.3 Å². The molecular weight excluding hydrogens is 274 g/mol. The fourth-order valence-electron chi connectivity index (χ4n) is 1.52. The lowest BCUT2D eigenvalue weighted by atomic mass is 10.1. The van der Waals surface area contributed by atoms with Crippen LogP contribution in [-0.2, 0) is 25.8 Å². The number of rotatable bonds is 6. The second kappa shape index (κ2) is 5.89. The number of benzene rings is 1. The maximum Gasteiger partial charge on any atom is 0.274 e. The van der Waals surface area contributed by atoms with Crippen molar-refractivity contribution in [3.8, 4) is 0 Å². The quantitative estimate of drug-likeness (QED) is 0.565. The Labute approximate surface area is 110 Å². The highest BCUT2D eigenvalue weighted by Gasteiger charge is 2.20. The summed E-state index contributed by atoms with van der Waals surface area (Å²) in [7, 11) is -2.18. The van der Waals surface area contributed by atoms with Crippen molar-refractivity contribution in [2.24, 2.45) is 0 Å². The van der Waals surface area contributed by atoms with Crippen LogP contribution in [0, 0.1) is 10.1 Å². The SMILES string of the molecule is COCC(=O)Cc1ccc(S(C)(=O)=O)cc1[N+](=O)[O-]. The van der Waals surface area contributed by atoms with Gasteiger partial charge in [0.05, 0.1) is 9.82 Å². The number of hydrogen-bond acceptors (Lipinski definition) is 6. The molecule has 0 aliphatic rings. The van der Waals surface area contributed by atoms with E-state index >= 15 is 0 Å². The van der Waals surface area contributed by atoms with E-state index in [1.165, 1.54) is 19.2 Å². The lowest BCUT2D eigenvalue weighted by molar-refractivity contribution is -0.385. The van der Waals surface area contributed by atoms with Gasteiger partial charge in [-0.2, -0.15) is 0 Å². The van der Waals surface area contributed by atoms with E-state index in [2.05, 4.69) is 4.74 Å². The van der Waals surface area contributed by atoms with Crippen LogP contribution in [0.1, 0.15) is 5.56 Å². The van der Waals surface area contributed by atoms with Gasteiger partial charge < -0.3 is 4.74 Å². The topological polar surface area (TPSA) is 104 Å². The summed E-state index contributed by atoms with van der Waals surface area (Å²) in [4.78, 5) is 21.5. The van der Waals surface area contributed by atoms with Gasteiger partial charge in [0.25, 0.3) is 5.69 Å². The third-order valence-electron chi connectivity index (χ3n) is 2.37. The van der Waals surface area contributed by atoms with Crippen LogP contribution in [0.15, 0.2) is 23.1 Å². The predicted octanol–water partition coefficient (Wildman–Crippen LogP) is 0.756. The first-order chi connectivity index (χ1) is 8.75. The van der Waals surface area contributed by atoms with E-state index < -0.39 is 14.8 Å². The summed E-state index contributed by atoms with van der Waals surface area (Å²) in [5.74, 6) is -0.322. The van der Waals surface area contributed by atoms with E-state index in [9.17, 15) is 23.3 Å². The average Bonchev–Trinajstić information content (AvgIpc) is 2.27. The lowest BCUT2D eigenvalue weighted by Crippen LogP contribution is -2.11. The van der Waals surface area contributed by atoms with Crippen molar-refractivity contribution < 1.29 is 22.9 Å². The molecule has 1 rings (SSSR count). The zero-order valence-electron chi connectivity index (χ0n) is 10.5. The number of methoxy groups -OCH3 is 1. The summed E-state index contributed by atoms with van der Waals surface area (Å²) in [6, 6.07) is 3.49. The van der Waals surface area contributed by atoms with Gasteiger partial charge in [0.15, 0.2) is 15.6 Å². The first-order valence-electron chi connectivity index (χ1n) is 5.23. The number of hydrogen-bond donors (Lipinski definition) is 0. The molecule has 0 aliphatic carbocycles. The Bertz CT molecular complexity index is 608. The molecule has 1 aromatic carbocycles. The monoisotopic (exact) mass is 287 g/mol. The Hall–Kier alpha value is -1.80. The van der Waals surface area contributed by atoms with Crippen molar-refractivity contribution in [2.75, 3.05) is 20.0 Å². The van der Waals surface area contributed by atoms with Gasteiger partial charge in [-0.3, -0.25) is 14.9 Å². The summed E-state index contributed by atoms with van der Waals surface area (Å²) >= 11 is 0. The number of Topliss-reactive ketones (excluding diaryl/α,β-unsaturated/α-hetero) is 1. The molecule has 0 radical (unpaired) electrons. The zero-order valence-corrected chi connectivity index (χ0v) is 11.3. The van der Waals surface area contributed by atoms with Gasteiger partial charge >= 0.3 is 0 Å². The highest BCUT2D eigenvalue weighted by Crippen LogP contribution is 2.23. The van der Waals surface area contributed by atoms with Crippen LogP contribution in [0.25, 0.3) is 0 Å². The van der Waals surface area contributed by atoms with Crippen molar-refractivity contribution in [3.05, 3.63) is 33.9 Å². The molecule has 8 heteroatoms. The summed E-state index contributed by atoms with van der Waals surface area (Å²) in [6.45, 7) is -0.148. The van der Waals surface area contributed by atoms with Crippen LogP contribution < -0.4 is 0 Å². The van der Waals surface area contributed by atoms with Gasteiger partial charge in [-0.15, -0.1) is 0 Å². The molecule has 19 heavy (non-hydrogen) atoms. The molecule has 7 nitrogen and oxygen atoms in total. The second-order valence-electron chi connectivity index (χ2n) is 3.97. The van der Waals surface area contributed by atoms with E-state index in [1.807, 2.05) is 0 Å². The summed E-state index contributed by atoms with van der Waals surface area (Å²) in [5, 5.41) is 10.9. The molecule has 0 heterocycles. The fraction of sp³-hybridized carbons (Fsp3) is 0.364. The minimum Gasteiger partial charge on any atom is -0.377 e. The highest BCUT2D eigenvalue weighted by atomic mass is 32.2. The summed E-state index contributed by atoms with van der Waals surface area (Å²) in [5.41, 5.74) is -0.216. The first-order valence-corrected chi connectivity index (χ1v) is 7.13. The van der Waals surface area contributed by atoms with Gasteiger partial charge in [0, 0.05) is 31.4 Å². The smallest absolute Gasteiger partial charge is 0.274 e. The number of nitrogens with zero attached hydrogens (tertiary/aromatic N) is 1. The van der Waals surface area contributed by atoms with Gasteiger partial charge in [0.2, 0.25) is 0 Å². The molecular formula is C11H13NO6S. The van der Waals surface area contributed by atoms with Crippen LogP contribution >= 0.6 is 0 Å². The van der Waals surface area contributed by atoms with Crippen molar-refractivity contribution in [3.63, 3.8) is 0 Å². The Kier molecular flexibility index (Phi) is 4.73. The standard InChI is InChI=1S/C11H13NO6S/c1-18-7-9(13)5-8-3-4-10(19(2,16)17)6-11(8)12(14)15/h3-4,6H,5,7H2,1-2H3. The van der Waals surface area contributed by atoms with E-state index in [-0.39, 0.29) is 35.0 Å². The molecule has 0 spiro atoms. The Morgan fingerprint density at radius 1 is 1.42 bits per heavy atom. The van der Waals surface area contributed by atoms with E-state index in [1.54, 1.807) is 0 Å². The Balaban J connectivity index is 3.20. The molecule has 0 N–H and O–H groups in total. The number of nitro groups is 1. The fourth-order valence-corrected chi connectivity index (χ4v) is 2.16. The van der Waals surface area contributed by atoms with E-state index in [4.69, 9.17) is 0 Å². The molecule has 1 aromatic rings. The molecule has 0 saturated carbocycles. The number of ketones is 1. The van der Waals surface area contributed by atoms with Crippen LogP contribution in [0.2, 0.25) is 0 Å². The summed E-state index contributed by atoms with van der Waals surface area (Å²) in [6.07, 6.45) is 0.788. The Morgan fingerprint density at radius 2 is 2.05 bits per heavy atom. The lowest BCUT2D eigenvalue weighted by Gasteiger charge is -2.04. The minimum absolute atomic E-state index is 0.148. The molecule has 0 aromatic heterocycles. The third-order valence-corrected chi connectivity index (χ3v) is 3.48. The number of carbonyl (C=O) groups excluding carboxylic acids is 1. The molecule has 0 unspecified atom stereocenters. The molecule has 0 fully saturated rings. The molecule has 104 valence electrons. The second-order valence-corrected chi connectivity index (χ2v) is 5.98. The average molecular weight is 287 g/mol. The molecule has 0 atom stereocenters. The number of sulfone groups is 1. The van der Waals surface area contributed by atoms with Crippen molar-refractivity contribution in [1.82, 2.24) is 0 Å². The number of nitro benzene ring substituents is 1. The van der Waals surface area contributed by atoms with Gasteiger partial charge in [-0.1, -0.05) is 6.07 Å². The van der Waals surface area contributed by atoms with Crippen LogP contribution in [-0.4, -0.2) is 39.1 Å². The maximum atomic E-state index is 11.4. The van der Waals surface area contributed by atoms with Crippen molar-refractivity contribution in [2.45, 2.75) is 11.3 Å². The normalized spacial score (nSPS) is 11.3. The predicted molar refractivity (Wildman–Crippen MR) is 66.8 cm³/mol. The molecule has 0 saturated heterocycles. The first kappa shape index (κ1) is 15.3. The van der Waals surface area contributed by atoms with E-state index in [0.29, 0.717) is 0 Å². The largest absolute Gasteiger partial charge is 0.377 e. The molecule has 0 amide bonds. The molecule has 0 bridgehead atoms. The maximum absolute atomic E-state index is 11.4. The number of ether oxygens (including phenoxy) is 1. The highest BCUT2D eigenvalue weighted by molar-refractivity contribution is 7.90. The Morgan fingerprint density at radius 3 is 2.53 bits per heavy atom. The third kappa shape index (κ3) is 4.11. The minimum atomic E-state index is -3.53. The molecule has 0 aliphatic heterocycles. The van der Waals surface area contributed by atoms with Gasteiger partial charge in [0.1, 0.15) is 6.61 Å². The zero-order chi connectivity index (χ0) is 14.6. The van der Waals surface area contributed by atoms with Crippen molar-refractivity contribution in [1.29, 1.82) is 0 Å². The van der Waals surface area contributed by atoms with Gasteiger partial charge in [-0.25, -0.2) is 8.42 Å². The van der Waals surface area contributed by atoms with Crippen LogP contribution in [0.4, 0.5) is 5.69 Å².